The summed E-state index contributed by atoms with van der Waals surface area (Å²) < 4.78 is 0. The van der Waals surface area contributed by atoms with Crippen LogP contribution < -0.4 is 16.0 Å². The van der Waals surface area contributed by atoms with E-state index in [9.17, 15) is 9.59 Å². The average Bonchev–Trinajstić information content (AvgIpc) is 3.36. The van der Waals surface area contributed by atoms with Gasteiger partial charge in [0.2, 0.25) is 5.91 Å². The van der Waals surface area contributed by atoms with Crippen LogP contribution in [-0.4, -0.2) is 24.4 Å². The first-order valence-corrected chi connectivity index (χ1v) is 8.66. The third-order valence-corrected chi connectivity index (χ3v) is 4.07. The number of amides is 2. The summed E-state index contributed by atoms with van der Waals surface area (Å²) in [7, 11) is 0. The smallest absolute Gasteiger partial charge is 0.251 e. The number of anilines is 2. The van der Waals surface area contributed by atoms with Crippen molar-refractivity contribution in [3.05, 3.63) is 58.1 Å². The summed E-state index contributed by atoms with van der Waals surface area (Å²) in [5.41, 5.74) is 1.75. The second-order valence-electron chi connectivity index (χ2n) is 5.89. The van der Waals surface area contributed by atoms with Gasteiger partial charge in [-0.25, -0.2) is 0 Å². The van der Waals surface area contributed by atoms with Gasteiger partial charge >= 0.3 is 0 Å². The Morgan fingerprint density at radius 1 is 1.00 bits per heavy atom. The molecule has 7 heteroatoms. The van der Waals surface area contributed by atoms with E-state index in [1.807, 2.05) is 0 Å². The van der Waals surface area contributed by atoms with E-state index in [1.54, 1.807) is 42.5 Å². The van der Waals surface area contributed by atoms with E-state index in [-0.39, 0.29) is 18.4 Å². The Labute approximate surface area is 155 Å². The van der Waals surface area contributed by atoms with Gasteiger partial charge in [-0.2, -0.15) is 0 Å². The van der Waals surface area contributed by atoms with Crippen molar-refractivity contribution in [2.45, 2.75) is 18.9 Å². The maximum absolute atomic E-state index is 12.1. The molecular formula is C18H17Cl2N3O2. The minimum absolute atomic E-state index is 0.0508. The first kappa shape index (κ1) is 17.6. The zero-order valence-electron chi connectivity index (χ0n) is 13.3. The minimum Gasteiger partial charge on any atom is -0.376 e. The van der Waals surface area contributed by atoms with Crippen LogP contribution in [0.2, 0.25) is 10.0 Å². The number of rotatable bonds is 6. The fourth-order valence-electron chi connectivity index (χ4n) is 2.28. The highest BCUT2D eigenvalue weighted by Crippen LogP contribution is 2.22. The molecule has 3 rings (SSSR count). The van der Waals surface area contributed by atoms with E-state index >= 15 is 0 Å². The highest BCUT2D eigenvalue weighted by atomic mass is 35.5. The Kier molecular flexibility index (Phi) is 5.46. The van der Waals surface area contributed by atoms with Crippen molar-refractivity contribution in [2.75, 3.05) is 17.2 Å². The van der Waals surface area contributed by atoms with Crippen LogP contribution in [0.4, 0.5) is 11.4 Å². The SMILES string of the molecule is O=C(CNc1cc(Cl)cc(Cl)c1)Nc1cccc(C(=O)NC2CC2)c1. The lowest BCUT2D eigenvalue weighted by Crippen LogP contribution is -2.26. The van der Waals surface area contributed by atoms with E-state index in [2.05, 4.69) is 16.0 Å². The first-order chi connectivity index (χ1) is 12.0. The molecule has 0 aromatic heterocycles. The van der Waals surface area contributed by atoms with Crippen LogP contribution in [0.15, 0.2) is 42.5 Å². The van der Waals surface area contributed by atoms with Gasteiger partial charge in [0.25, 0.3) is 5.91 Å². The maximum Gasteiger partial charge on any atom is 0.251 e. The van der Waals surface area contributed by atoms with Gasteiger partial charge in [0, 0.05) is 33.0 Å². The second-order valence-corrected chi connectivity index (χ2v) is 6.76. The monoisotopic (exact) mass is 377 g/mol. The zero-order valence-corrected chi connectivity index (χ0v) is 14.8. The highest BCUT2D eigenvalue weighted by Gasteiger charge is 2.23. The summed E-state index contributed by atoms with van der Waals surface area (Å²) in [6.45, 7) is 0.0508. The average molecular weight is 378 g/mol. The van der Waals surface area contributed by atoms with E-state index in [0.717, 1.165) is 12.8 Å². The van der Waals surface area contributed by atoms with Gasteiger partial charge in [0.15, 0.2) is 0 Å². The van der Waals surface area contributed by atoms with E-state index < -0.39 is 0 Å². The van der Waals surface area contributed by atoms with Crippen molar-refractivity contribution < 1.29 is 9.59 Å². The molecule has 0 radical (unpaired) electrons. The zero-order chi connectivity index (χ0) is 17.8. The number of benzene rings is 2. The van der Waals surface area contributed by atoms with E-state index in [1.165, 1.54) is 0 Å². The Hall–Kier alpha value is -2.24. The van der Waals surface area contributed by atoms with Crippen LogP contribution >= 0.6 is 23.2 Å². The van der Waals surface area contributed by atoms with Crippen molar-refractivity contribution in [1.29, 1.82) is 0 Å². The van der Waals surface area contributed by atoms with Crippen LogP contribution in [0.1, 0.15) is 23.2 Å². The third-order valence-electron chi connectivity index (χ3n) is 3.64. The standard InChI is InChI=1S/C18H17Cl2N3O2/c19-12-7-13(20)9-16(8-12)21-10-17(24)22-15-3-1-2-11(6-15)18(25)23-14-4-5-14/h1-3,6-9,14,21H,4-5,10H2,(H,22,24)(H,23,25). The quantitative estimate of drug-likeness (QED) is 0.713. The Morgan fingerprint density at radius 2 is 1.72 bits per heavy atom. The van der Waals surface area contributed by atoms with Crippen LogP contribution in [0.5, 0.6) is 0 Å². The normalized spacial score (nSPS) is 13.2. The van der Waals surface area contributed by atoms with Crippen molar-refractivity contribution >= 4 is 46.4 Å². The molecule has 0 atom stereocenters. The summed E-state index contributed by atoms with van der Waals surface area (Å²) in [6, 6.07) is 12.1. The molecule has 0 heterocycles. The van der Waals surface area contributed by atoms with Gasteiger partial charge in [0.05, 0.1) is 6.54 Å². The fraction of sp³-hybridized carbons (Fsp3) is 0.222. The molecule has 2 aromatic carbocycles. The molecule has 1 saturated carbocycles. The molecule has 0 spiro atoms. The molecule has 25 heavy (non-hydrogen) atoms. The summed E-state index contributed by atoms with van der Waals surface area (Å²) in [5, 5.41) is 9.62. The van der Waals surface area contributed by atoms with Gasteiger partial charge < -0.3 is 16.0 Å². The Balaban J connectivity index is 1.56. The molecule has 1 aliphatic rings. The van der Waals surface area contributed by atoms with Gasteiger partial charge in [-0.3, -0.25) is 9.59 Å². The Bertz CT molecular complexity index is 786. The molecular weight excluding hydrogens is 361 g/mol. The van der Waals surface area contributed by atoms with Crippen LogP contribution in [0.3, 0.4) is 0 Å². The number of carbonyl (C=O) groups excluding carboxylic acids is 2. The lowest BCUT2D eigenvalue weighted by Gasteiger charge is -2.10. The van der Waals surface area contributed by atoms with Gasteiger partial charge in [-0.1, -0.05) is 29.3 Å². The molecule has 0 unspecified atom stereocenters. The number of halogens is 2. The van der Waals surface area contributed by atoms with E-state index in [0.29, 0.717) is 33.0 Å². The molecule has 0 bridgehead atoms. The van der Waals surface area contributed by atoms with E-state index in [4.69, 9.17) is 23.2 Å². The molecule has 2 aromatic rings. The molecule has 2 amide bonds. The predicted molar refractivity (Wildman–Crippen MR) is 101 cm³/mol. The summed E-state index contributed by atoms with van der Waals surface area (Å²) in [6.07, 6.45) is 2.06. The van der Waals surface area contributed by atoms with Crippen LogP contribution in [0, 0.1) is 0 Å². The maximum atomic E-state index is 12.1. The molecule has 130 valence electrons. The van der Waals surface area contributed by atoms with Gasteiger partial charge in [0.1, 0.15) is 0 Å². The summed E-state index contributed by atoms with van der Waals surface area (Å²) in [5.74, 6) is -0.360. The van der Waals surface area contributed by atoms with Crippen LogP contribution in [-0.2, 0) is 4.79 Å². The van der Waals surface area contributed by atoms with Gasteiger partial charge in [-0.15, -0.1) is 0 Å². The molecule has 1 aliphatic carbocycles. The minimum atomic E-state index is -0.240. The molecule has 0 aliphatic heterocycles. The second kappa shape index (κ2) is 7.76. The lowest BCUT2D eigenvalue weighted by molar-refractivity contribution is -0.114. The van der Waals surface area contributed by atoms with Crippen molar-refractivity contribution in [3.8, 4) is 0 Å². The molecule has 1 fully saturated rings. The predicted octanol–water partition coefficient (Wildman–Crippen LogP) is 3.94. The number of carbonyl (C=O) groups is 2. The topological polar surface area (TPSA) is 70.2 Å². The molecule has 3 N–H and O–H groups in total. The number of hydrogen-bond donors (Lipinski definition) is 3. The third kappa shape index (κ3) is 5.37. The summed E-state index contributed by atoms with van der Waals surface area (Å²) >= 11 is 11.8. The Morgan fingerprint density at radius 3 is 2.40 bits per heavy atom. The first-order valence-electron chi connectivity index (χ1n) is 7.90. The molecule has 0 saturated heterocycles. The molecule has 5 nitrogen and oxygen atoms in total. The number of hydrogen-bond acceptors (Lipinski definition) is 3. The van der Waals surface area contributed by atoms with Gasteiger partial charge in [-0.05, 0) is 49.2 Å². The van der Waals surface area contributed by atoms with Crippen molar-refractivity contribution in [3.63, 3.8) is 0 Å². The van der Waals surface area contributed by atoms with Crippen molar-refractivity contribution in [1.82, 2.24) is 5.32 Å². The highest BCUT2D eigenvalue weighted by molar-refractivity contribution is 6.35. The van der Waals surface area contributed by atoms with Crippen LogP contribution in [0.25, 0.3) is 0 Å². The largest absolute Gasteiger partial charge is 0.376 e. The fourth-order valence-corrected chi connectivity index (χ4v) is 2.80. The lowest BCUT2D eigenvalue weighted by atomic mass is 10.2. The summed E-state index contributed by atoms with van der Waals surface area (Å²) in [4.78, 5) is 24.1. The van der Waals surface area contributed by atoms with Crippen molar-refractivity contribution in [2.24, 2.45) is 0 Å². The number of nitrogens with one attached hydrogen (secondary N) is 3.